The Morgan fingerprint density at radius 2 is 1.70 bits per heavy atom. The van der Waals surface area contributed by atoms with Gasteiger partial charge < -0.3 is 9.84 Å². The van der Waals surface area contributed by atoms with Gasteiger partial charge in [0.1, 0.15) is 5.75 Å². The summed E-state index contributed by atoms with van der Waals surface area (Å²) in [6.07, 6.45) is -4.03. The number of ether oxygens (including phenoxy) is 1. The van der Waals surface area contributed by atoms with Crippen LogP contribution in [0.5, 0.6) is 5.75 Å². The molecule has 6 heteroatoms. The Hall–Kier alpha value is -2.50. The van der Waals surface area contributed by atoms with E-state index in [0.29, 0.717) is 17.7 Å². The third kappa shape index (κ3) is 4.74. The Balaban J connectivity index is 2.10. The van der Waals surface area contributed by atoms with Crippen molar-refractivity contribution in [2.24, 2.45) is 0 Å². The molecule has 2 aromatic carbocycles. The zero-order valence-electron chi connectivity index (χ0n) is 12.1. The average Bonchev–Trinajstić information content (AvgIpc) is 2.51. The lowest BCUT2D eigenvalue weighted by Crippen LogP contribution is -2.06. The molecule has 23 heavy (non-hydrogen) atoms. The lowest BCUT2D eigenvalue weighted by atomic mass is 9.99. The molecule has 0 bridgehead atoms. The van der Waals surface area contributed by atoms with Crippen LogP contribution in [0.15, 0.2) is 48.5 Å². The number of benzene rings is 2. The molecule has 2 aromatic rings. The van der Waals surface area contributed by atoms with Crippen LogP contribution in [0.4, 0.5) is 13.2 Å². The summed E-state index contributed by atoms with van der Waals surface area (Å²) in [7, 11) is 0. The molecule has 0 spiro atoms. The SMILES string of the molecule is O=C(O)CCCOc1ccc(-c2ccccc2C(F)(F)F)cc1. The van der Waals surface area contributed by atoms with Crippen LogP contribution in [-0.2, 0) is 11.0 Å². The lowest BCUT2D eigenvalue weighted by Gasteiger charge is -2.13. The van der Waals surface area contributed by atoms with Crippen molar-refractivity contribution in [2.45, 2.75) is 19.0 Å². The van der Waals surface area contributed by atoms with Crippen molar-refractivity contribution >= 4 is 5.97 Å². The fourth-order valence-electron chi connectivity index (χ4n) is 2.13. The van der Waals surface area contributed by atoms with Gasteiger partial charge >= 0.3 is 12.1 Å². The summed E-state index contributed by atoms with van der Waals surface area (Å²) in [5.74, 6) is -0.406. The highest BCUT2D eigenvalue weighted by molar-refractivity contribution is 5.68. The Kier molecular flexibility index (Phi) is 5.26. The molecule has 0 heterocycles. The van der Waals surface area contributed by atoms with Gasteiger partial charge in [-0.2, -0.15) is 13.2 Å². The molecule has 122 valence electrons. The van der Waals surface area contributed by atoms with E-state index in [9.17, 15) is 18.0 Å². The van der Waals surface area contributed by atoms with E-state index in [1.165, 1.54) is 12.1 Å². The van der Waals surface area contributed by atoms with Crippen LogP contribution in [0.3, 0.4) is 0 Å². The fraction of sp³-hybridized carbons (Fsp3) is 0.235. The van der Waals surface area contributed by atoms with Crippen molar-refractivity contribution < 1.29 is 27.8 Å². The van der Waals surface area contributed by atoms with E-state index in [0.717, 1.165) is 6.07 Å². The molecule has 0 saturated carbocycles. The monoisotopic (exact) mass is 324 g/mol. The molecule has 2 rings (SSSR count). The first-order valence-corrected chi connectivity index (χ1v) is 6.99. The second kappa shape index (κ2) is 7.17. The molecule has 0 saturated heterocycles. The number of carboxylic acids is 1. The first kappa shape index (κ1) is 16.9. The van der Waals surface area contributed by atoms with E-state index in [-0.39, 0.29) is 18.6 Å². The predicted molar refractivity (Wildman–Crippen MR) is 79.2 cm³/mol. The minimum atomic E-state index is -4.41. The van der Waals surface area contributed by atoms with Crippen molar-refractivity contribution in [3.63, 3.8) is 0 Å². The highest BCUT2D eigenvalue weighted by atomic mass is 19.4. The van der Waals surface area contributed by atoms with Gasteiger partial charge in [-0.25, -0.2) is 0 Å². The summed E-state index contributed by atoms with van der Waals surface area (Å²) in [5, 5.41) is 8.52. The molecule has 0 aliphatic carbocycles. The number of rotatable bonds is 6. The summed E-state index contributed by atoms with van der Waals surface area (Å²) in [6.45, 7) is 0.241. The summed E-state index contributed by atoms with van der Waals surface area (Å²) < 4.78 is 44.4. The Morgan fingerprint density at radius 1 is 1.04 bits per heavy atom. The normalized spacial score (nSPS) is 11.3. The second-order valence-corrected chi connectivity index (χ2v) is 4.91. The van der Waals surface area contributed by atoms with Gasteiger partial charge in [0.25, 0.3) is 0 Å². The maximum Gasteiger partial charge on any atom is 0.417 e. The number of hydrogen-bond acceptors (Lipinski definition) is 2. The number of aliphatic carboxylic acids is 1. The topological polar surface area (TPSA) is 46.5 Å². The highest BCUT2D eigenvalue weighted by Crippen LogP contribution is 2.37. The van der Waals surface area contributed by atoms with Crippen LogP contribution in [0, 0.1) is 0 Å². The van der Waals surface area contributed by atoms with Gasteiger partial charge in [0.15, 0.2) is 0 Å². The Labute approximate surface area is 131 Å². The van der Waals surface area contributed by atoms with E-state index < -0.39 is 17.7 Å². The van der Waals surface area contributed by atoms with Crippen molar-refractivity contribution in [2.75, 3.05) is 6.61 Å². The molecule has 0 aromatic heterocycles. The molecular formula is C17H15F3O3. The third-order valence-electron chi connectivity index (χ3n) is 3.20. The van der Waals surface area contributed by atoms with Gasteiger partial charge in [-0.1, -0.05) is 30.3 Å². The largest absolute Gasteiger partial charge is 0.494 e. The van der Waals surface area contributed by atoms with Gasteiger partial charge in [0, 0.05) is 6.42 Å². The smallest absolute Gasteiger partial charge is 0.417 e. The molecule has 0 amide bonds. The molecule has 3 nitrogen and oxygen atoms in total. The second-order valence-electron chi connectivity index (χ2n) is 4.91. The van der Waals surface area contributed by atoms with E-state index in [1.54, 1.807) is 30.3 Å². The molecular weight excluding hydrogens is 309 g/mol. The minimum Gasteiger partial charge on any atom is -0.494 e. The Bertz CT molecular complexity index is 664. The zero-order chi connectivity index (χ0) is 16.9. The molecule has 1 N–H and O–H groups in total. The third-order valence-corrected chi connectivity index (χ3v) is 3.20. The van der Waals surface area contributed by atoms with Crippen molar-refractivity contribution in [1.29, 1.82) is 0 Å². The van der Waals surface area contributed by atoms with Crippen LogP contribution >= 0.6 is 0 Å². The van der Waals surface area contributed by atoms with Crippen LogP contribution in [0.2, 0.25) is 0 Å². The molecule has 0 aliphatic heterocycles. The van der Waals surface area contributed by atoms with Crippen LogP contribution in [-0.4, -0.2) is 17.7 Å². The predicted octanol–water partition coefficient (Wildman–Crippen LogP) is 4.62. The number of hydrogen-bond donors (Lipinski definition) is 1. The molecule has 0 radical (unpaired) electrons. The zero-order valence-corrected chi connectivity index (χ0v) is 12.1. The van der Waals surface area contributed by atoms with Crippen LogP contribution in [0.1, 0.15) is 18.4 Å². The standard InChI is InChI=1S/C17H15F3O3/c18-17(19,20)15-5-2-1-4-14(15)12-7-9-13(10-8-12)23-11-3-6-16(21)22/h1-2,4-5,7-10H,3,6,11H2,(H,21,22). The minimum absolute atomic E-state index is 0.0110. The molecule has 0 aliphatic rings. The van der Waals surface area contributed by atoms with Crippen LogP contribution in [0.25, 0.3) is 11.1 Å². The van der Waals surface area contributed by atoms with Gasteiger partial charge in [-0.3, -0.25) is 4.79 Å². The van der Waals surface area contributed by atoms with Gasteiger partial charge in [-0.05, 0) is 35.7 Å². The van der Waals surface area contributed by atoms with Crippen molar-refractivity contribution in [3.05, 3.63) is 54.1 Å². The van der Waals surface area contributed by atoms with E-state index in [1.807, 2.05) is 0 Å². The van der Waals surface area contributed by atoms with Gasteiger partial charge in [0.2, 0.25) is 0 Å². The van der Waals surface area contributed by atoms with Crippen molar-refractivity contribution in [3.8, 4) is 16.9 Å². The first-order valence-electron chi connectivity index (χ1n) is 6.99. The quantitative estimate of drug-likeness (QED) is 0.789. The molecule has 0 atom stereocenters. The number of halogens is 3. The van der Waals surface area contributed by atoms with E-state index in [2.05, 4.69) is 0 Å². The molecule has 0 unspecified atom stereocenters. The number of carbonyl (C=O) groups is 1. The van der Waals surface area contributed by atoms with Crippen LogP contribution < -0.4 is 4.74 Å². The average molecular weight is 324 g/mol. The summed E-state index contributed by atoms with van der Waals surface area (Å²) in [5.41, 5.74) is -0.136. The van der Waals surface area contributed by atoms with Gasteiger partial charge in [0.05, 0.1) is 12.2 Å². The Morgan fingerprint density at radius 3 is 2.30 bits per heavy atom. The summed E-state index contributed by atoms with van der Waals surface area (Å²) in [4.78, 5) is 10.4. The summed E-state index contributed by atoms with van der Waals surface area (Å²) >= 11 is 0. The fourth-order valence-corrected chi connectivity index (χ4v) is 2.13. The first-order chi connectivity index (χ1) is 10.9. The van der Waals surface area contributed by atoms with Crippen molar-refractivity contribution in [1.82, 2.24) is 0 Å². The van der Waals surface area contributed by atoms with Gasteiger partial charge in [-0.15, -0.1) is 0 Å². The number of carboxylic acid groups (broad SMARTS) is 1. The summed E-state index contributed by atoms with van der Waals surface area (Å²) in [6, 6.07) is 11.6. The molecule has 0 fully saturated rings. The van der Waals surface area contributed by atoms with E-state index in [4.69, 9.17) is 9.84 Å². The highest BCUT2D eigenvalue weighted by Gasteiger charge is 2.33. The van der Waals surface area contributed by atoms with E-state index >= 15 is 0 Å². The number of alkyl halides is 3. The maximum absolute atomic E-state index is 13.0. The lowest BCUT2D eigenvalue weighted by molar-refractivity contribution is -0.138. The maximum atomic E-state index is 13.0.